The first-order valence-corrected chi connectivity index (χ1v) is 6.52. The van der Waals surface area contributed by atoms with Crippen LogP contribution < -0.4 is 4.74 Å². The van der Waals surface area contributed by atoms with E-state index < -0.39 is 24.1 Å². The van der Waals surface area contributed by atoms with Crippen molar-refractivity contribution in [2.24, 2.45) is 0 Å². The molecule has 0 unspecified atom stereocenters. The van der Waals surface area contributed by atoms with E-state index in [2.05, 4.69) is 9.47 Å². The molecular weight excluding hydrogens is 329 g/mol. The fourth-order valence-corrected chi connectivity index (χ4v) is 2.00. The van der Waals surface area contributed by atoms with Crippen LogP contribution in [0.2, 0.25) is 0 Å². The lowest BCUT2D eigenvalue weighted by atomic mass is 9.99. The van der Waals surface area contributed by atoms with Crippen LogP contribution in [-0.4, -0.2) is 30.5 Å². The summed E-state index contributed by atoms with van der Waals surface area (Å²) in [4.78, 5) is 22.8. The number of esters is 1. The number of benzene rings is 2. The summed E-state index contributed by atoms with van der Waals surface area (Å²) in [6, 6.07) is 8.67. The van der Waals surface area contributed by atoms with E-state index in [-0.39, 0.29) is 11.1 Å². The van der Waals surface area contributed by atoms with Gasteiger partial charge >= 0.3 is 18.3 Å². The molecule has 0 aromatic heterocycles. The number of carbonyl (C=O) groups excluding carboxylic acids is 1. The van der Waals surface area contributed by atoms with E-state index >= 15 is 0 Å². The normalized spacial score (nSPS) is 11.0. The first-order valence-electron chi connectivity index (χ1n) is 6.52. The lowest BCUT2D eigenvalue weighted by Gasteiger charge is -2.10. The molecule has 0 aliphatic heterocycles. The number of alkyl halides is 3. The molecule has 2 aromatic rings. The van der Waals surface area contributed by atoms with Crippen molar-refractivity contribution in [2.75, 3.05) is 7.11 Å². The molecule has 126 valence electrons. The number of ether oxygens (including phenoxy) is 2. The van der Waals surface area contributed by atoms with Crippen molar-refractivity contribution in [3.63, 3.8) is 0 Å². The Labute approximate surface area is 134 Å². The zero-order chi connectivity index (χ0) is 17.9. The van der Waals surface area contributed by atoms with E-state index in [0.29, 0.717) is 11.1 Å². The third-order valence-electron chi connectivity index (χ3n) is 3.02. The minimum Gasteiger partial charge on any atom is -0.478 e. The predicted molar refractivity (Wildman–Crippen MR) is 76.9 cm³/mol. The molecule has 0 bridgehead atoms. The maximum absolute atomic E-state index is 12.1. The highest BCUT2D eigenvalue weighted by atomic mass is 19.4. The van der Waals surface area contributed by atoms with Gasteiger partial charge in [0.25, 0.3) is 0 Å². The topological polar surface area (TPSA) is 72.8 Å². The number of methoxy groups -OCH3 is 1. The maximum Gasteiger partial charge on any atom is 0.573 e. The number of hydrogen-bond acceptors (Lipinski definition) is 4. The lowest BCUT2D eigenvalue weighted by molar-refractivity contribution is -0.274. The molecule has 5 nitrogen and oxygen atoms in total. The van der Waals surface area contributed by atoms with E-state index in [1.807, 2.05) is 0 Å². The van der Waals surface area contributed by atoms with Gasteiger partial charge in [-0.15, -0.1) is 13.2 Å². The number of hydrogen-bond donors (Lipinski definition) is 1. The smallest absolute Gasteiger partial charge is 0.478 e. The molecule has 0 atom stereocenters. The molecule has 0 heterocycles. The molecule has 0 saturated carbocycles. The Balaban J connectivity index is 2.42. The fraction of sp³-hybridized carbons (Fsp3) is 0.125. The molecular formula is C16H11F3O5. The Hall–Kier alpha value is -3.03. The molecule has 1 N–H and O–H groups in total. The van der Waals surface area contributed by atoms with Gasteiger partial charge < -0.3 is 14.6 Å². The summed E-state index contributed by atoms with van der Waals surface area (Å²) in [6.45, 7) is 0. The van der Waals surface area contributed by atoms with Crippen LogP contribution >= 0.6 is 0 Å². The van der Waals surface area contributed by atoms with Crippen molar-refractivity contribution in [3.8, 4) is 16.9 Å². The van der Waals surface area contributed by atoms with Crippen LogP contribution in [0.3, 0.4) is 0 Å². The van der Waals surface area contributed by atoms with Gasteiger partial charge in [0.1, 0.15) is 5.75 Å². The molecule has 2 rings (SSSR count). The zero-order valence-electron chi connectivity index (χ0n) is 12.3. The second-order valence-electron chi connectivity index (χ2n) is 4.67. The average Bonchev–Trinajstić information content (AvgIpc) is 2.52. The Morgan fingerprint density at radius 2 is 1.54 bits per heavy atom. The molecule has 24 heavy (non-hydrogen) atoms. The Morgan fingerprint density at radius 3 is 2.04 bits per heavy atom. The van der Waals surface area contributed by atoms with Crippen LogP contribution in [-0.2, 0) is 4.74 Å². The van der Waals surface area contributed by atoms with Gasteiger partial charge in [-0.2, -0.15) is 0 Å². The number of carboxylic acid groups (broad SMARTS) is 1. The van der Waals surface area contributed by atoms with Crippen molar-refractivity contribution in [1.29, 1.82) is 0 Å². The van der Waals surface area contributed by atoms with Crippen LogP contribution in [0, 0.1) is 0 Å². The number of carboxylic acids is 1. The highest BCUT2D eigenvalue weighted by molar-refractivity contribution is 5.96. The molecule has 2 aromatic carbocycles. The Kier molecular flexibility index (Phi) is 4.77. The SMILES string of the molecule is COC(=O)c1cc(C(=O)O)cc(-c2ccc(OC(F)(F)F)cc2)c1. The minimum atomic E-state index is -4.80. The van der Waals surface area contributed by atoms with Crippen LogP contribution in [0.1, 0.15) is 20.7 Å². The van der Waals surface area contributed by atoms with Gasteiger partial charge in [0.15, 0.2) is 0 Å². The van der Waals surface area contributed by atoms with Crippen molar-refractivity contribution in [2.45, 2.75) is 6.36 Å². The van der Waals surface area contributed by atoms with Gasteiger partial charge in [0.2, 0.25) is 0 Å². The van der Waals surface area contributed by atoms with E-state index in [1.54, 1.807) is 0 Å². The Morgan fingerprint density at radius 1 is 0.958 bits per heavy atom. The molecule has 0 aliphatic carbocycles. The van der Waals surface area contributed by atoms with Gasteiger partial charge in [0, 0.05) is 0 Å². The van der Waals surface area contributed by atoms with Crippen LogP contribution in [0.4, 0.5) is 13.2 Å². The summed E-state index contributed by atoms with van der Waals surface area (Å²) >= 11 is 0. The number of rotatable bonds is 4. The van der Waals surface area contributed by atoms with Crippen molar-refractivity contribution in [3.05, 3.63) is 53.6 Å². The van der Waals surface area contributed by atoms with Crippen molar-refractivity contribution in [1.82, 2.24) is 0 Å². The minimum absolute atomic E-state index is 0.0167. The van der Waals surface area contributed by atoms with Crippen molar-refractivity contribution < 1.29 is 37.3 Å². The third kappa shape index (κ3) is 4.25. The summed E-state index contributed by atoms with van der Waals surface area (Å²) in [7, 11) is 1.15. The predicted octanol–water partition coefficient (Wildman–Crippen LogP) is 3.74. The average molecular weight is 340 g/mol. The largest absolute Gasteiger partial charge is 0.573 e. The Bertz CT molecular complexity index is 766. The van der Waals surface area contributed by atoms with Gasteiger partial charge in [0.05, 0.1) is 18.2 Å². The first-order chi connectivity index (χ1) is 11.2. The second-order valence-corrected chi connectivity index (χ2v) is 4.67. The molecule has 0 amide bonds. The van der Waals surface area contributed by atoms with Gasteiger partial charge in [-0.3, -0.25) is 0 Å². The van der Waals surface area contributed by atoms with E-state index in [4.69, 9.17) is 5.11 Å². The monoisotopic (exact) mass is 340 g/mol. The van der Waals surface area contributed by atoms with E-state index in [1.165, 1.54) is 24.3 Å². The van der Waals surface area contributed by atoms with E-state index in [9.17, 15) is 22.8 Å². The van der Waals surface area contributed by atoms with Gasteiger partial charge in [-0.1, -0.05) is 12.1 Å². The summed E-state index contributed by atoms with van der Waals surface area (Å²) in [6.07, 6.45) is -4.80. The maximum atomic E-state index is 12.1. The summed E-state index contributed by atoms with van der Waals surface area (Å²) in [5.74, 6) is -2.38. The molecule has 0 saturated heterocycles. The summed E-state index contributed by atoms with van der Waals surface area (Å²) in [5.41, 5.74) is 0.623. The van der Waals surface area contributed by atoms with Crippen LogP contribution in [0.5, 0.6) is 5.75 Å². The highest BCUT2D eigenvalue weighted by Gasteiger charge is 2.31. The first kappa shape index (κ1) is 17.3. The van der Waals surface area contributed by atoms with Gasteiger partial charge in [-0.05, 0) is 41.5 Å². The second kappa shape index (κ2) is 6.61. The zero-order valence-corrected chi connectivity index (χ0v) is 12.3. The number of carbonyl (C=O) groups is 2. The van der Waals surface area contributed by atoms with Gasteiger partial charge in [-0.25, -0.2) is 9.59 Å². The lowest BCUT2D eigenvalue weighted by Crippen LogP contribution is -2.16. The highest BCUT2D eigenvalue weighted by Crippen LogP contribution is 2.28. The quantitative estimate of drug-likeness (QED) is 0.859. The third-order valence-corrected chi connectivity index (χ3v) is 3.02. The summed E-state index contributed by atoms with van der Waals surface area (Å²) < 4.78 is 44.8. The fourth-order valence-electron chi connectivity index (χ4n) is 2.00. The number of aromatic carboxylic acids is 1. The van der Waals surface area contributed by atoms with Crippen LogP contribution in [0.25, 0.3) is 11.1 Å². The standard InChI is InChI=1S/C16H11F3O5/c1-23-15(22)12-7-10(6-11(8-12)14(20)21)9-2-4-13(5-3-9)24-16(17,18)19/h2-8H,1H3,(H,20,21). The van der Waals surface area contributed by atoms with E-state index in [0.717, 1.165) is 25.3 Å². The molecule has 8 heteroatoms. The molecule has 0 aliphatic rings. The molecule has 0 radical (unpaired) electrons. The molecule has 0 fully saturated rings. The summed E-state index contributed by atoms with van der Waals surface area (Å²) in [5, 5.41) is 9.11. The van der Waals surface area contributed by atoms with Crippen LogP contribution in [0.15, 0.2) is 42.5 Å². The number of halogens is 3. The van der Waals surface area contributed by atoms with Crippen molar-refractivity contribution >= 4 is 11.9 Å². The molecule has 0 spiro atoms.